The minimum Gasteiger partial charge on any atom is -0.309 e. The Balaban J connectivity index is 1.81. The fraction of sp³-hybridized carbons (Fsp3) is 0.357. The molecule has 0 spiro atoms. The molecular formula is C14H16N2S2. The van der Waals surface area contributed by atoms with Crippen molar-refractivity contribution in [2.24, 2.45) is 0 Å². The van der Waals surface area contributed by atoms with Gasteiger partial charge in [0.25, 0.3) is 0 Å². The van der Waals surface area contributed by atoms with E-state index in [1.807, 2.05) is 22.8 Å². The molecule has 0 aromatic carbocycles. The van der Waals surface area contributed by atoms with E-state index in [1.54, 1.807) is 11.3 Å². The predicted octanol–water partition coefficient (Wildman–Crippen LogP) is 3.71. The highest BCUT2D eigenvalue weighted by Crippen LogP contribution is 2.17. The Morgan fingerprint density at radius 3 is 2.83 bits per heavy atom. The van der Waals surface area contributed by atoms with Gasteiger partial charge in [0.1, 0.15) is 6.07 Å². The van der Waals surface area contributed by atoms with E-state index in [2.05, 4.69) is 37.4 Å². The molecule has 0 saturated heterocycles. The van der Waals surface area contributed by atoms with E-state index in [0.717, 1.165) is 18.5 Å². The lowest BCUT2D eigenvalue weighted by Crippen LogP contribution is -2.26. The number of thiophene rings is 2. The van der Waals surface area contributed by atoms with Crippen molar-refractivity contribution in [3.63, 3.8) is 0 Å². The highest BCUT2D eigenvalue weighted by atomic mass is 32.1. The molecule has 4 heteroatoms. The van der Waals surface area contributed by atoms with Crippen LogP contribution in [0.25, 0.3) is 0 Å². The van der Waals surface area contributed by atoms with E-state index < -0.39 is 0 Å². The zero-order chi connectivity index (χ0) is 13.0. The van der Waals surface area contributed by atoms with Crippen molar-refractivity contribution in [1.29, 1.82) is 5.26 Å². The van der Waals surface area contributed by atoms with Gasteiger partial charge in [0.05, 0.1) is 5.56 Å². The molecule has 0 amide bonds. The van der Waals surface area contributed by atoms with Crippen molar-refractivity contribution < 1.29 is 0 Å². The zero-order valence-electron chi connectivity index (χ0n) is 10.6. The van der Waals surface area contributed by atoms with Gasteiger partial charge in [0.2, 0.25) is 0 Å². The molecule has 1 atom stereocenters. The standard InChI is InChI=1S/C14H16N2S2/c1-10(5-13-4-3-11(2)18-13)16-8-14-6-12(7-15)9-17-14/h3-4,6,9-10,16H,5,8H2,1-2H3. The molecule has 0 radical (unpaired) electrons. The van der Waals surface area contributed by atoms with Crippen LogP contribution in [0.1, 0.15) is 27.1 Å². The van der Waals surface area contributed by atoms with Crippen LogP contribution < -0.4 is 5.32 Å². The molecule has 1 N–H and O–H groups in total. The molecule has 2 aromatic rings. The first kappa shape index (κ1) is 13.3. The van der Waals surface area contributed by atoms with Crippen LogP contribution in [0, 0.1) is 18.3 Å². The lowest BCUT2D eigenvalue weighted by atomic mass is 10.2. The van der Waals surface area contributed by atoms with Crippen molar-refractivity contribution in [1.82, 2.24) is 5.32 Å². The number of hydrogen-bond donors (Lipinski definition) is 1. The van der Waals surface area contributed by atoms with Gasteiger partial charge in [-0.05, 0) is 38.5 Å². The molecule has 2 rings (SSSR count). The molecule has 2 nitrogen and oxygen atoms in total. The van der Waals surface area contributed by atoms with Gasteiger partial charge in [-0.2, -0.15) is 5.26 Å². The third kappa shape index (κ3) is 3.67. The largest absolute Gasteiger partial charge is 0.309 e. The van der Waals surface area contributed by atoms with Crippen molar-refractivity contribution in [3.05, 3.63) is 43.8 Å². The van der Waals surface area contributed by atoms with Crippen molar-refractivity contribution in [2.75, 3.05) is 0 Å². The summed E-state index contributed by atoms with van der Waals surface area (Å²) in [6.45, 7) is 5.19. The number of nitriles is 1. The average Bonchev–Trinajstić information content (AvgIpc) is 2.95. The highest BCUT2D eigenvalue weighted by Gasteiger charge is 2.06. The molecule has 0 aliphatic carbocycles. The monoisotopic (exact) mass is 276 g/mol. The van der Waals surface area contributed by atoms with Crippen molar-refractivity contribution >= 4 is 22.7 Å². The number of hydrogen-bond acceptors (Lipinski definition) is 4. The van der Waals surface area contributed by atoms with E-state index >= 15 is 0 Å². The fourth-order valence-corrected chi connectivity index (χ4v) is 3.56. The Kier molecular flexibility index (Phi) is 4.54. The van der Waals surface area contributed by atoms with Crippen LogP contribution in [0.5, 0.6) is 0 Å². The maximum Gasteiger partial charge on any atom is 0.100 e. The minimum absolute atomic E-state index is 0.454. The first-order valence-electron chi connectivity index (χ1n) is 5.93. The summed E-state index contributed by atoms with van der Waals surface area (Å²) in [6.07, 6.45) is 1.06. The van der Waals surface area contributed by atoms with Gasteiger partial charge >= 0.3 is 0 Å². The molecule has 1 unspecified atom stereocenters. The highest BCUT2D eigenvalue weighted by molar-refractivity contribution is 7.11. The van der Waals surface area contributed by atoms with E-state index in [4.69, 9.17) is 5.26 Å². The van der Waals surface area contributed by atoms with E-state index in [-0.39, 0.29) is 0 Å². The first-order valence-corrected chi connectivity index (χ1v) is 7.63. The van der Waals surface area contributed by atoms with Gasteiger partial charge in [0.15, 0.2) is 0 Å². The topological polar surface area (TPSA) is 35.8 Å². The number of nitrogens with one attached hydrogen (secondary N) is 1. The summed E-state index contributed by atoms with van der Waals surface area (Å²) in [6, 6.07) is 8.95. The average molecular weight is 276 g/mol. The minimum atomic E-state index is 0.454. The van der Waals surface area contributed by atoms with Crippen molar-refractivity contribution in [3.8, 4) is 6.07 Å². The number of nitrogens with zero attached hydrogens (tertiary/aromatic N) is 1. The van der Waals surface area contributed by atoms with Crippen LogP contribution in [0.4, 0.5) is 0 Å². The van der Waals surface area contributed by atoms with Gasteiger partial charge < -0.3 is 5.32 Å². The normalized spacial score (nSPS) is 12.3. The summed E-state index contributed by atoms with van der Waals surface area (Å²) in [5, 5.41) is 14.2. The SMILES string of the molecule is Cc1ccc(CC(C)NCc2cc(C#N)cs2)s1. The number of rotatable bonds is 5. The smallest absolute Gasteiger partial charge is 0.100 e. The predicted molar refractivity (Wildman–Crippen MR) is 78.1 cm³/mol. The Hall–Kier alpha value is -1.15. The Labute approximate surface area is 116 Å². The quantitative estimate of drug-likeness (QED) is 0.903. The van der Waals surface area contributed by atoms with Gasteiger partial charge in [-0.3, -0.25) is 0 Å². The van der Waals surface area contributed by atoms with Crippen molar-refractivity contribution in [2.45, 2.75) is 32.9 Å². The molecule has 0 aliphatic heterocycles. The maximum atomic E-state index is 8.76. The summed E-state index contributed by atoms with van der Waals surface area (Å²) in [5.41, 5.74) is 0.762. The second-order valence-corrected chi connectivity index (χ2v) is 6.78. The second kappa shape index (κ2) is 6.14. The van der Waals surface area contributed by atoms with Gasteiger partial charge in [0, 0.05) is 32.6 Å². The first-order chi connectivity index (χ1) is 8.67. The Morgan fingerprint density at radius 1 is 1.39 bits per heavy atom. The summed E-state index contributed by atoms with van der Waals surface area (Å²) < 4.78 is 0. The summed E-state index contributed by atoms with van der Waals surface area (Å²) in [5.74, 6) is 0. The van der Waals surface area contributed by atoms with Crippen LogP contribution in [0.3, 0.4) is 0 Å². The van der Waals surface area contributed by atoms with Crippen LogP contribution in [0.2, 0.25) is 0 Å². The van der Waals surface area contributed by atoms with Crippen LogP contribution in [-0.4, -0.2) is 6.04 Å². The third-order valence-corrected chi connectivity index (χ3v) is 4.67. The van der Waals surface area contributed by atoms with E-state index in [0.29, 0.717) is 6.04 Å². The summed E-state index contributed by atoms with van der Waals surface area (Å²) >= 11 is 3.51. The van der Waals surface area contributed by atoms with Gasteiger partial charge in [-0.25, -0.2) is 0 Å². The molecule has 94 valence electrons. The molecule has 0 saturated carbocycles. The summed E-state index contributed by atoms with van der Waals surface area (Å²) in [4.78, 5) is 4.02. The molecule has 0 bridgehead atoms. The molecule has 2 heterocycles. The lowest BCUT2D eigenvalue weighted by molar-refractivity contribution is 0.552. The fourth-order valence-electron chi connectivity index (χ4n) is 1.78. The molecule has 0 aliphatic rings. The van der Waals surface area contributed by atoms with Crippen LogP contribution in [-0.2, 0) is 13.0 Å². The zero-order valence-corrected chi connectivity index (χ0v) is 12.2. The van der Waals surface area contributed by atoms with E-state index in [1.165, 1.54) is 14.6 Å². The molecular weight excluding hydrogens is 260 g/mol. The van der Waals surface area contributed by atoms with Gasteiger partial charge in [-0.1, -0.05) is 0 Å². The van der Waals surface area contributed by atoms with E-state index in [9.17, 15) is 0 Å². The van der Waals surface area contributed by atoms with Crippen LogP contribution in [0.15, 0.2) is 23.6 Å². The third-order valence-electron chi connectivity index (χ3n) is 2.71. The molecule has 0 fully saturated rings. The second-order valence-electron chi connectivity index (χ2n) is 4.41. The van der Waals surface area contributed by atoms with Gasteiger partial charge in [-0.15, -0.1) is 22.7 Å². The number of aryl methyl sites for hydroxylation is 1. The Morgan fingerprint density at radius 2 is 2.22 bits per heavy atom. The maximum absolute atomic E-state index is 8.76. The molecule has 18 heavy (non-hydrogen) atoms. The lowest BCUT2D eigenvalue weighted by Gasteiger charge is -2.11. The molecule has 2 aromatic heterocycles. The van der Waals surface area contributed by atoms with Crippen LogP contribution >= 0.6 is 22.7 Å². The summed E-state index contributed by atoms with van der Waals surface area (Å²) in [7, 11) is 0. The Bertz CT molecular complexity index is 548.